The van der Waals surface area contributed by atoms with Crippen LogP contribution in [0.2, 0.25) is 0 Å². The van der Waals surface area contributed by atoms with E-state index in [-0.39, 0.29) is 0 Å². The Morgan fingerprint density at radius 3 is 2.24 bits per heavy atom. The summed E-state index contributed by atoms with van der Waals surface area (Å²) in [5.74, 6) is 1.61. The van der Waals surface area contributed by atoms with Gasteiger partial charge in [-0.1, -0.05) is 30.3 Å². The van der Waals surface area contributed by atoms with Gasteiger partial charge in [-0.25, -0.2) is 4.79 Å². The first-order chi connectivity index (χ1) is 10.2. The molecule has 0 saturated heterocycles. The Kier molecular flexibility index (Phi) is 3.36. The Balaban J connectivity index is 2.27. The zero-order chi connectivity index (χ0) is 14.8. The highest BCUT2D eigenvalue weighted by Crippen LogP contribution is 2.32. The van der Waals surface area contributed by atoms with Crippen molar-refractivity contribution >= 4 is 10.8 Å². The number of hydrogen-bond donors (Lipinski definition) is 0. The lowest BCUT2D eigenvalue weighted by Crippen LogP contribution is -2.01. The van der Waals surface area contributed by atoms with Crippen molar-refractivity contribution in [3.05, 3.63) is 59.0 Å². The highest BCUT2D eigenvalue weighted by molar-refractivity contribution is 5.87. The van der Waals surface area contributed by atoms with Crippen LogP contribution in [0.25, 0.3) is 22.1 Å². The Bertz CT molecular complexity index is 835. The summed E-state index contributed by atoms with van der Waals surface area (Å²) in [6.45, 7) is 0. The summed E-state index contributed by atoms with van der Waals surface area (Å²) in [6, 6.07) is 14.7. The molecule has 106 valence electrons. The Labute approximate surface area is 121 Å². The lowest BCUT2D eigenvalue weighted by atomic mass is 10.1. The first-order valence-electron chi connectivity index (χ1n) is 6.48. The molecule has 1 aromatic heterocycles. The summed E-state index contributed by atoms with van der Waals surface area (Å²) in [4.78, 5) is 12.2. The highest BCUT2D eigenvalue weighted by atomic mass is 16.5. The highest BCUT2D eigenvalue weighted by Gasteiger charge is 2.11. The van der Waals surface area contributed by atoms with Gasteiger partial charge in [-0.15, -0.1) is 0 Å². The van der Waals surface area contributed by atoms with E-state index in [1.807, 2.05) is 36.4 Å². The first kappa shape index (κ1) is 13.2. The lowest BCUT2D eigenvalue weighted by molar-refractivity contribution is 0.355. The maximum atomic E-state index is 12.2. The molecule has 1 heterocycles. The number of benzene rings is 2. The van der Waals surface area contributed by atoms with Crippen LogP contribution in [0.15, 0.2) is 57.7 Å². The second-order valence-electron chi connectivity index (χ2n) is 4.56. The molecule has 0 saturated carbocycles. The summed E-state index contributed by atoms with van der Waals surface area (Å²) in [5.41, 5.74) is 0.457. The van der Waals surface area contributed by atoms with Gasteiger partial charge in [-0.05, 0) is 23.6 Å². The standard InChI is InChI=1S/C17H14O4/c1-19-15-9-12-8-14(11-6-4-3-5-7-11)21-17(18)13(12)10-16(15)20-2/h3-10H,1-2H3. The van der Waals surface area contributed by atoms with Gasteiger partial charge in [0.15, 0.2) is 11.5 Å². The normalized spacial score (nSPS) is 10.6. The summed E-state index contributed by atoms with van der Waals surface area (Å²) < 4.78 is 15.9. The van der Waals surface area contributed by atoms with E-state index in [9.17, 15) is 4.79 Å². The summed E-state index contributed by atoms with van der Waals surface area (Å²) in [5, 5.41) is 1.22. The van der Waals surface area contributed by atoms with Crippen LogP contribution in [0.4, 0.5) is 0 Å². The quantitative estimate of drug-likeness (QED) is 0.738. The van der Waals surface area contributed by atoms with Crippen LogP contribution in [0.3, 0.4) is 0 Å². The van der Waals surface area contributed by atoms with Gasteiger partial charge in [0.2, 0.25) is 0 Å². The smallest absolute Gasteiger partial charge is 0.344 e. The third-order valence-corrected chi connectivity index (χ3v) is 3.32. The van der Waals surface area contributed by atoms with E-state index in [0.717, 1.165) is 10.9 Å². The molecule has 0 bridgehead atoms. The fourth-order valence-electron chi connectivity index (χ4n) is 2.26. The van der Waals surface area contributed by atoms with E-state index in [0.29, 0.717) is 22.6 Å². The first-order valence-corrected chi connectivity index (χ1v) is 6.48. The molecule has 2 aromatic carbocycles. The fourth-order valence-corrected chi connectivity index (χ4v) is 2.26. The van der Waals surface area contributed by atoms with Crippen LogP contribution >= 0.6 is 0 Å². The predicted octanol–water partition coefficient (Wildman–Crippen LogP) is 3.48. The number of rotatable bonds is 3. The molecule has 0 atom stereocenters. The number of ether oxygens (including phenoxy) is 2. The Morgan fingerprint density at radius 2 is 1.57 bits per heavy atom. The van der Waals surface area contributed by atoms with E-state index in [4.69, 9.17) is 13.9 Å². The van der Waals surface area contributed by atoms with Gasteiger partial charge in [0.1, 0.15) is 5.76 Å². The maximum Gasteiger partial charge on any atom is 0.344 e. The van der Waals surface area contributed by atoms with Crippen LogP contribution in [-0.2, 0) is 0 Å². The van der Waals surface area contributed by atoms with Crippen molar-refractivity contribution in [3.8, 4) is 22.8 Å². The van der Waals surface area contributed by atoms with Crippen LogP contribution < -0.4 is 15.1 Å². The molecule has 0 unspecified atom stereocenters. The molecule has 0 aliphatic rings. The molecule has 0 aliphatic heterocycles. The van der Waals surface area contributed by atoms with Crippen molar-refractivity contribution in [1.29, 1.82) is 0 Å². The zero-order valence-corrected chi connectivity index (χ0v) is 11.8. The molecule has 0 fully saturated rings. The minimum absolute atomic E-state index is 0.396. The topological polar surface area (TPSA) is 48.7 Å². The Morgan fingerprint density at radius 1 is 0.905 bits per heavy atom. The summed E-state index contributed by atoms with van der Waals surface area (Å²) in [7, 11) is 3.09. The fraction of sp³-hybridized carbons (Fsp3) is 0.118. The van der Waals surface area contributed by atoms with Crippen LogP contribution in [0.1, 0.15) is 0 Å². The van der Waals surface area contributed by atoms with Crippen LogP contribution in [0.5, 0.6) is 11.5 Å². The molecule has 0 aliphatic carbocycles. The van der Waals surface area contributed by atoms with Crippen molar-refractivity contribution < 1.29 is 13.9 Å². The molecule has 0 spiro atoms. The number of fused-ring (bicyclic) bond motifs is 1. The second kappa shape index (κ2) is 5.32. The van der Waals surface area contributed by atoms with Gasteiger partial charge in [0.05, 0.1) is 19.6 Å². The largest absolute Gasteiger partial charge is 0.493 e. The monoisotopic (exact) mass is 282 g/mol. The van der Waals surface area contributed by atoms with E-state index >= 15 is 0 Å². The van der Waals surface area contributed by atoms with Crippen molar-refractivity contribution in [2.45, 2.75) is 0 Å². The molecule has 3 rings (SSSR count). The molecule has 4 heteroatoms. The molecule has 21 heavy (non-hydrogen) atoms. The summed E-state index contributed by atoms with van der Waals surface area (Å²) in [6.07, 6.45) is 0. The SMILES string of the molecule is COc1cc2cc(-c3ccccc3)oc(=O)c2cc1OC. The van der Waals surface area contributed by atoms with Crippen molar-refractivity contribution in [3.63, 3.8) is 0 Å². The van der Waals surface area contributed by atoms with Crippen molar-refractivity contribution in [2.24, 2.45) is 0 Å². The molecule has 3 aromatic rings. The van der Waals surface area contributed by atoms with E-state index < -0.39 is 5.63 Å². The molecule has 0 radical (unpaired) electrons. The van der Waals surface area contributed by atoms with Gasteiger partial charge < -0.3 is 13.9 Å². The minimum atomic E-state index is -0.396. The van der Waals surface area contributed by atoms with E-state index in [2.05, 4.69) is 0 Å². The molecule has 4 nitrogen and oxygen atoms in total. The van der Waals surface area contributed by atoms with Crippen molar-refractivity contribution in [1.82, 2.24) is 0 Å². The minimum Gasteiger partial charge on any atom is -0.493 e. The van der Waals surface area contributed by atoms with Gasteiger partial charge >= 0.3 is 5.63 Å². The maximum absolute atomic E-state index is 12.2. The van der Waals surface area contributed by atoms with Gasteiger partial charge in [0.25, 0.3) is 0 Å². The molecule has 0 amide bonds. The molecular weight excluding hydrogens is 268 g/mol. The predicted molar refractivity (Wildman–Crippen MR) is 81.0 cm³/mol. The second-order valence-corrected chi connectivity index (χ2v) is 4.56. The third-order valence-electron chi connectivity index (χ3n) is 3.32. The average molecular weight is 282 g/mol. The molecule has 0 N–H and O–H groups in total. The zero-order valence-electron chi connectivity index (χ0n) is 11.8. The average Bonchev–Trinajstić information content (AvgIpc) is 2.54. The Hall–Kier alpha value is -2.75. The summed E-state index contributed by atoms with van der Waals surface area (Å²) >= 11 is 0. The number of hydrogen-bond acceptors (Lipinski definition) is 4. The van der Waals surface area contributed by atoms with Crippen LogP contribution in [0, 0.1) is 0 Å². The van der Waals surface area contributed by atoms with Crippen LogP contribution in [-0.4, -0.2) is 14.2 Å². The lowest BCUT2D eigenvalue weighted by Gasteiger charge is -2.09. The van der Waals surface area contributed by atoms with E-state index in [1.54, 1.807) is 19.2 Å². The van der Waals surface area contributed by atoms with Gasteiger partial charge in [-0.3, -0.25) is 0 Å². The third kappa shape index (κ3) is 2.36. The van der Waals surface area contributed by atoms with E-state index in [1.165, 1.54) is 7.11 Å². The van der Waals surface area contributed by atoms with Gasteiger partial charge in [-0.2, -0.15) is 0 Å². The number of methoxy groups -OCH3 is 2. The van der Waals surface area contributed by atoms with Crippen molar-refractivity contribution in [2.75, 3.05) is 14.2 Å². The van der Waals surface area contributed by atoms with Gasteiger partial charge in [0, 0.05) is 5.56 Å². The molecular formula is C17H14O4.